The molecule has 3 rings (SSSR count). The van der Waals surface area contributed by atoms with E-state index in [2.05, 4.69) is 23.8 Å². The minimum absolute atomic E-state index is 0.0796. The Balaban J connectivity index is 1.59. The largest absolute Gasteiger partial charge is 0.460 e. The number of hydrogen-bond donors (Lipinski definition) is 2. The predicted molar refractivity (Wildman–Crippen MR) is 152 cm³/mol. The Morgan fingerprint density at radius 3 is 1.50 bits per heavy atom. The molecule has 2 N–H and O–H groups in total. The number of esters is 2. The van der Waals surface area contributed by atoms with Crippen LogP contribution in [0.2, 0.25) is 0 Å². The van der Waals surface area contributed by atoms with E-state index in [1.807, 2.05) is 12.2 Å². The highest BCUT2D eigenvalue weighted by atomic mass is 16.6. The van der Waals surface area contributed by atoms with E-state index in [0.717, 1.165) is 23.3 Å². The Morgan fingerprint density at radius 1 is 0.667 bits per heavy atom. The molecule has 12 heteroatoms. The monoisotopic (exact) mass is 582 g/mol. The van der Waals surface area contributed by atoms with Crippen molar-refractivity contribution >= 4 is 34.9 Å². The Labute approximate surface area is 243 Å². The summed E-state index contributed by atoms with van der Waals surface area (Å²) in [6.07, 6.45) is 5.70. The molecular formula is C30H34N2O10. The molecule has 42 heavy (non-hydrogen) atoms. The number of fused-ring (bicyclic) bond motifs is 2. The van der Waals surface area contributed by atoms with Gasteiger partial charge in [-0.25, -0.2) is 19.2 Å². The highest BCUT2D eigenvalue weighted by Crippen LogP contribution is 2.43. The first kappa shape index (κ1) is 31.8. The summed E-state index contributed by atoms with van der Waals surface area (Å²) in [5.41, 5.74) is 1.48. The van der Waals surface area contributed by atoms with Crippen LogP contribution in [-0.4, -0.2) is 76.9 Å². The van der Waals surface area contributed by atoms with Crippen LogP contribution in [0.4, 0.5) is 9.59 Å². The van der Waals surface area contributed by atoms with Gasteiger partial charge in [-0.2, -0.15) is 0 Å². The summed E-state index contributed by atoms with van der Waals surface area (Å²) < 4.78 is 31.8. The zero-order chi connectivity index (χ0) is 30.2. The molecule has 2 amide bonds. The lowest BCUT2D eigenvalue weighted by Crippen LogP contribution is -2.31. The second kappa shape index (κ2) is 17.2. The van der Waals surface area contributed by atoms with Gasteiger partial charge in [0.1, 0.15) is 24.7 Å². The second-order valence-corrected chi connectivity index (χ2v) is 8.64. The Hall–Kier alpha value is -4.68. The zero-order valence-corrected chi connectivity index (χ0v) is 23.2. The number of amides is 2. The molecule has 224 valence electrons. The van der Waals surface area contributed by atoms with E-state index in [9.17, 15) is 19.2 Å². The van der Waals surface area contributed by atoms with Crippen molar-refractivity contribution in [1.29, 1.82) is 0 Å². The van der Waals surface area contributed by atoms with Crippen LogP contribution in [0, 0.1) is 0 Å². The van der Waals surface area contributed by atoms with Crippen molar-refractivity contribution in [3.05, 3.63) is 72.9 Å². The standard InChI is InChI=1S/C30H34N2O10/c1-3-25(33)39-19-17-37-15-13-31-29(35)41-27-21-9-5-7-11-23(21)28(24-12-8-6-10-22(24)27)42-30(36)32-14-16-38-18-20-40-26(34)4-2/h3-9,11H,1-2,10,12-20H2,(H,31,35)(H,32,36). The normalized spacial score (nSPS) is 11.6. The van der Waals surface area contributed by atoms with E-state index in [0.29, 0.717) is 35.1 Å². The first-order valence-electron chi connectivity index (χ1n) is 13.3. The van der Waals surface area contributed by atoms with Gasteiger partial charge in [0, 0.05) is 47.1 Å². The average molecular weight is 583 g/mol. The lowest BCUT2D eigenvalue weighted by molar-refractivity contribution is -0.140. The SMILES string of the molecule is C=CC(=O)OCCOCCNC(=O)Oc1c2c(c(OC(=O)NCCOCCOC(=O)C=C)c3ccccc13)CC=CC2. The van der Waals surface area contributed by atoms with E-state index in [-0.39, 0.29) is 52.7 Å². The van der Waals surface area contributed by atoms with Crippen molar-refractivity contribution in [2.75, 3.05) is 52.7 Å². The first-order chi connectivity index (χ1) is 20.4. The fraction of sp³-hybridized carbons (Fsp3) is 0.333. The van der Waals surface area contributed by atoms with E-state index in [1.54, 1.807) is 24.3 Å². The molecule has 12 nitrogen and oxygen atoms in total. The topological polar surface area (TPSA) is 148 Å². The summed E-state index contributed by atoms with van der Waals surface area (Å²) >= 11 is 0. The maximum Gasteiger partial charge on any atom is 0.412 e. The van der Waals surface area contributed by atoms with Gasteiger partial charge in [0.15, 0.2) is 0 Å². The molecule has 0 spiro atoms. The van der Waals surface area contributed by atoms with E-state index >= 15 is 0 Å². The maximum atomic E-state index is 12.7. The minimum atomic E-state index is -0.663. The molecule has 0 saturated heterocycles. The van der Waals surface area contributed by atoms with E-state index < -0.39 is 24.1 Å². The molecule has 0 bridgehead atoms. The predicted octanol–water partition coefficient (Wildman–Crippen LogP) is 3.16. The van der Waals surface area contributed by atoms with Crippen LogP contribution in [-0.2, 0) is 41.4 Å². The lowest BCUT2D eigenvalue weighted by Gasteiger charge is -2.22. The van der Waals surface area contributed by atoms with Gasteiger partial charge in [0.05, 0.1) is 26.4 Å². The number of allylic oxidation sites excluding steroid dienone is 2. The van der Waals surface area contributed by atoms with Crippen LogP contribution < -0.4 is 20.1 Å². The highest BCUT2D eigenvalue weighted by Gasteiger charge is 2.25. The third kappa shape index (κ3) is 9.75. The number of nitrogens with one attached hydrogen (secondary N) is 2. The molecule has 0 heterocycles. The van der Waals surface area contributed by atoms with Gasteiger partial charge >= 0.3 is 24.1 Å². The smallest absolute Gasteiger partial charge is 0.412 e. The van der Waals surface area contributed by atoms with Crippen molar-refractivity contribution in [3.8, 4) is 11.5 Å². The van der Waals surface area contributed by atoms with Crippen molar-refractivity contribution in [3.63, 3.8) is 0 Å². The van der Waals surface area contributed by atoms with Gasteiger partial charge in [-0.3, -0.25) is 0 Å². The van der Waals surface area contributed by atoms with Crippen LogP contribution in [0.3, 0.4) is 0 Å². The highest BCUT2D eigenvalue weighted by molar-refractivity contribution is 5.99. The van der Waals surface area contributed by atoms with E-state index in [1.165, 1.54) is 0 Å². The Bertz CT molecular complexity index is 1220. The summed E-state index contributed by atoms with van der Waals surface area (Å²) in [5.74, 6) is -0.291. The maximum absolute atomic E-state index is 12.7. The Morgan fingerprint density at radius 2 is 1.10 bits per heavy atom. The quantitative estimate of drug-likeness (QED) is 0.131. The fourth-order valence-corrected chi connectivity index (χ4v) is 3.98. The summed E-state index contributed by atoms with van der Waals surface area (Å²) in [6, 6.07) is 7.20. The van der Waals surface area contributed by atoms with Crippen molar-refractivity contribution in [1.82, 2.24) is 10.6 Å². The molecule has 2 aromatic carbocycles. The number of rotatable bonds is 16. The van der Waals surface area contributed by atoms with Crippen molar-refractivity contribution in [2.45, 2.75) is 12.8 Å². The average Bonchev–Trinajstić information content (AvgIpc) is 3.01. The molecule has 1 aliphatic rings. The van der Waals surface area contributed by atoms with Crippen LogP contribution in [0.15, 0.2) is 61.7 Å². The van der Waals surface area contributed by atoms with Gasteiger partial charge < -0.3 is 39.1 Å². The van der Waals surface area contributed by atoms with Crippen molar-refractivity contribution < 1.29 is 47.6 Å². The second-order valence-electron chi connectivity index (χ2n) is 8.64. The van der Waals surface area contributed by atoms with Gasteiger partial charge in [0.25, 0.3) is 0 Å². The summed E-state index contributed by atoms with van der Waals surface area (Å²) in [4.78, 5) is 47.4. The van der Waals surface area contributed by atoms with Crippen LogP contribution in [0.5, 0.6) is 11.5 Å². The molecular weight excluding hydrogens is 548 g/mol. The molecule has 0 atom stereocenters. The molecule has 0 unspecified atom stereocenters. The van der Waals surface area contributed by atoms with Crippen molar-refractivity contribution in [2.24, 2.45) is 0 Å². The number of carbonyl (C=O) groups is 4. The lowest BCUT2D eigenvalue weighted by atomic mass is 9.90. The number of hydrogen-bond acceptors (Lipinski definition) is 10. The summed E-state index contributed by atoms with van der Waals surface area (Å²) in [6.45, 7) is 7.88. The first-order valence-corrected chi connectivity index (χ1v) is 13.3. The van der Waals surface area contributed by atoms with Crippen LogP contribution in [0.1, 0.15) is 11.1 Å². The third-order valence-corrected chi connectivity index (χ3v) is 5.84. The van der Waals surface area contributed by atoms with Gasteiger partial charge in [-0.15, -0.1) is 0 Å². The van der Waals surface area contributed by atoms with E-state index in [4.69, 9.17) is 28.4 Å². The zero-order valence-electron chi connectivity index (χ0n) is 23.2. The molecule has 0 radical (unpaired) electrons. The molecule has 0 aliphatic heterocycles. The van der Waals surface area contributed by atoms with Gasteiger partial charge in [0.2, 0.25) is 0 Å². The van der Waals surface area contributed by atoms with Gasteiger partial charge in [-0.1, -0.05) is 49.6 Å². The number of ether oxygens (including phenoxy) is 6. The minimum Gasteiger partial charge on any atom is -0.460 e. The van der Waals surface area contributed by atoms with Crippen LogP contribution in [0.25, 0.3) is 10.8 Å². The summed E-state index contributed by atoms with van der Waals surface area (Å²) in [5, 5.41) is 6.52. The van der Waals surface area contributed by atoms with Crippen LogP contribution >= 0.6 is 0 Å². The third-order valence-electron chi connectivity index (χ3n) is 5.84. The molecule has 1 aliphatic carbocycles. The molecule has 0 aromatic heterocycles. The molecule has 0 saturated carbocycles. The Kier molecular flexibility index (Phi) is 13.0. The molecule has 2 aromatic rings. The van der Waals surface area contributed by atoms with Gasteiger partial charge in [-0.05, 0) is 12.8 Å². The molecule has 0 fully saturated rings. The number of benzene rings is 2. The number of carbonyl (C=O) groups excluding carboxylic acids is 4. The fourth-order valence-electron chi connectivity index (χ4n) is 3.98. The summed E-state index contributed by atoms with van der Waals surface area (Å²) in [7, 11) is 0.